The Labute approximate surface area is 79.4 Å². The van der Waals surface area contributed by atoms with Crippen molar-refractivity contribution in [3.05, 3.63) is 32.8 Å². The van der Waals surface area contributed by atoms with Crippen LogP contribution < -0.4 is 11.5 Å². The molecule has 4 N–H and O–H groups in total. The van der Waals surface area contributed by atoms with Crippen LogP contribution in [0.2, 0.25) is 5.02 Å². The van der Waals surface area contributed by atoms with Gasteiger partial charge in [-0.05, 0) is 5.56 Å². The van der Waals surface area contributed by atoms with Crippen LogP contribution >= 0.6 is 11.6 Å². The van der Waals surface area contributed by atoms with Crippen LogP contribution in [-0.2, 0) is 6.54 Å². The summed E-state index contributed by atoms with van der Waals surface area (Å²) in [6, 6.07) is 2.53. The number of halogens is 1. The van der Waals surface area contributed by atoms with Gasteiger partial charge in [-0.1, -0.05) is 11.6 Å². The van der Waals surface area contributed by atoms with Crippen molar-refractivity contribution < 1.29 is 4.92 Å². The molecule has 0 aromatic heterocycles. The van der Waals surface area contributed by atoms with Gasteiger partial charge in [0.1, 0.15) is 0 Å². The fraction of sp³-hybridized carbons (Fsp3) is 0.143. The molecule has 0 aliphatic carbocycles. The van der Waals surface area contributed by atoms with Crippen molar-refractivity contribution in [2.24, 2.45) is 5.73 Å². The van der Waals surface area contributed by atoms with Gasteiger partial charge < -0.3 is 11.5 Å². The second kappa shape index (κ2) is 3.59. The summed E-state index contributed by atoms with van der Waals surface area (Å²) in [6.45, 7) is 0.130. The van der Waals surface area contributed by atoms with Gasteiger partial charge >= 0.3 is 0 Å². The molecule has 13 heavy (non-hydrogen) atoms. The summed E-state index contributed by atoms with van der Waals surface area (Å²) in [6.07, 6.45) is 0. The molecular formula is C7H8ClN3O2. The van der Waals surface area contributed by atoms with E-state index in [0.717, 1.165) is 0 Å². The lowest BCUT2D eigenvalue weighted by Gasteiger charge is -2.03. The highest BCUT2D eigenvalue weighted by Crippen LogP contribution is 2.28. The zero-order chi connectivity index (χ0) is 10.0. The quantitative estimate of drug-likeness (QED) is 0.428. The van der Waals surface area contributed by atoms with Gasteiger partial charge in [-0.2, -0.15) is 0 Å². The minimum Gasteiger partial charge on any atom is -0.397 e. The molecule has 0 spiro atoms. The Kier molecular flexibility index (Phi) is 2.69. The van der Waals surface area contributed by atoms with Gasteiger partial charge in [-0.3, -0.25) is 10.1 Å². The summed E-state index contributed by atoms with van der Waals surface area (Å²) in [5.74, 6) is 0. The molecule has 0 heterocycles. The molecule has 5 nitrogen and oxygen atoms in total. The first-order valence-corrected chi connectivity index (χ1v) is 3.86. The molecule has 1 aromatic rings. The average Bonchev–Trinajstić information content (AvgIpc) is 2.09. The minimum atomic E-state index is -0.536. The van der Waals surface area contributed by atoms with Gasteiger partial charge in [0, 0.05) is 18.7 Å². The summed E-state index contributed by atoms with van der Waals surface area (Å²) < 4.78 is 0. The molecule has 70 valence electrons. The van der Waals surface area contributed by atoms with Crippen molar-refractivity contribution >= 4 is 23.0 Å². The maximum atomic E-state index is 10.4. The number of hydrogen-bond acceptors (Lipinski definition) is 4. The maximum absolute atomic E-state index is 10.4. The van der Waals surface area contributed by atoms with Crippen LogP contribution in [0.3, 0.4) is 0 Å². The molecule has 0 radical (unpaired) electrons. The maximum Gasteiger partial charge on any atom is 0.271 e. The first-order valence-electron chi connectivity index (χ1n) is 3.48. The fourth-order valence-electron chi connectivity index (χ4n) is 0.946. The molecule has 0 atom stereocenters. The van der Waals surface area contributed by atoms with Crippen LogP contribution in [0, 0.1) is 10.1 Å². The van der Waals surface area contributed by atoms with Gasteiger partial charge in [-0.15, -0.1) is 0 Å². The third kappa shape index (κ3) is 1.88. The highest BCUT2D eigenvalue weighted by molar-refractivity contribution is 6.33. The van der Waals surface area contributed by atoms with E-state index in [1.54, 1.807) is 0 Å². The first-order chi connectivity index (χ1) is 6.06. The first kappa shape index (κ1) is 9.76. The van der Waals surface area contributed by atoms with Crippen molar-refractivity contribution in [1.29, 1.82) is 0 Å². The van der Waals surface area contributed by atoms with Crippen LogP contribution in [0.1, 0.15) is 5.56 Å². The van der Waals surface area contributed by atoms with Crippen molar-refractivity contribution in [3.8, 4) is 0 Å². The Morgan fingerprint density at radius 3 is 2.62 bits per heavy atom. The lowest BCUT2D eigenvalue weighted by Crippen LogP contribution is -2.01. The zero-order valence-electron chi connectivity index (χ0n) is 6.66. The second-order valence-corrected chi connectivity index (χ2v) is 2.85. The minimum absolute atomic E-state index is 0.0950. The number of anilines is 1. The molecule has 0 amide bonds. The monoisotopic (exact) mass is 201 g/mol. The molecule has 0 aliphatic heterocycles. The number of benzene rings is 1. The van der Waals surface area contributed by atoms with Crippen molar-refractivity contribution in [2.45, 2.75) is 6.54 Å². The average molecular weight is 202 g/mol. The van der Waals surface area contributed by atoms with Gasteiger partial charge in [-0.25, -0.2) is 0 Å². The van der Waals surface area contributed by atoms with E-state index in [1.807, 2.05) is 0 Å². The predicted molar refractivity (Wildman–Crippen MR) is 50.4 cm³/mol. The molecular weight excluding hydrogens is 194 g/mol. The number of non-ortho nitro benzene ring substituents is 1. The molecule has 0 fully saturated rings. The van der Waals surface area contributed by atoms with Crippen molar-refractivity contribution in [2.75, 3.05) is 5.73 Å². The Morgan fingerprint density at radius 1 is 1.54 bits per heavy atom. The second-order valence-electron chi connectivity index (χ2n) is 2.47. The number of nitro benzene ring substituents is 1. The molecule has 0 saturated carbocycles. The summed E-state index contributed by atoms with van der Waals surface area (Å²) in [7, 11) is 0. The third-order valence-corrected chi connectivity index (χ3v) is 2.05. The summed E-state index contributed by atoms with van der Waals surface area (Å²) >= 11 is 5.74. The van der Waals surface area contributed by atoms with E-state index in [9.17, 15) is 10.1 Å². The van der Waals surface area contributed by atoms with E-state index in [0.29, 0.717) is 5.56 Å². The molecule has 6 heteroatoms. The molecule has 0 unspecified atom stereocenters. The SMILES string of the molecule is NCc1cc([N+](=O)[O-])cc(N)c1Cl. The topological polar surface area (TPSA) is 95.2 Å². The Balaban J connectivity index is 3.30. The number of nitrogens with zero attached hydrogens (tertiary/aromatic N) is 1. The number of hydrogen-bond donors (Lipinski definition) is 2. The number of nitrogens with two attached hydrogens (primary N) is 2. The van der Waals surface area contributed by atoms with Crippen LogP contribution in [-0.4, -0.2) is 4.92 Å². The molecule has 1 rings (SSSR count). The van der Waals surface area contributed by atoms with Gasteiger partial charge in [0.25, 0.3) is 5.69 Å². The normalized spacial score (nSPS) is 10.0. The Bertz CT molecular complexity index is 354. The lowest BCUT2D eigenvalue weighted by molar-refractivity contribution is -0.384. The van der Waals surface area contributed by atoms with Crippen LogP contribution in [0.25, 0.3) is 0 Å². The molecule has 0 aliphatic rings. The Hall–Kier alpha value is -1.33. The molecule has 0 bridgehead atoms. The van der Waals surface area contributed by atoms with Crippen LogP contribution in [0.4, 0.5) is 11.4 Å². The van der Waals surface area contributed by atoms with Gasteiger partial charge in [0.05, 0.1) is 15.6 Å². The van der Waals surface area contributed by atoms with E-state index in [4.69, 9.17) is 23.1 Å². The highest BCUT2D eigenvalue weighted by atomic mass is 35.5. The van der Waals surface area contributed by atoms with Crippen LogP contribution in [0.5, 0.6) is 0 Å². The number of rotatable bonds is 2. The van der Waals surface area contributed by atoms with Gasteiger partial charge in [0.2, 0.25) is 0 Å². The number of nitrogen functional groups attached to an aromatic ring is 1. The third-order valence-electron chi connectivity index (χ3n) is 1.59. The molecule has 1 aromatic carbocycles. The Morgan fingerprint density at radius 2 is 2.15 bits per heavy atom. The van der Waals surface area contributed by atoms with E-state index in [2.05, 4.69) is 0 Å². The van der Waals surface area contributed by atoms with Gasteiger partial charge in [0.15, 0.2) is 0 Å². The highest BCUT2D eigenvalue weighted by Gasteiger charge is 2.12. The summed E-state index contributed by atoms with van der Waals surface area (Å²) in [4.78, 5) is 9.86. The smallest absolute Gasteiger partial charge is 0.271 e. The summed E-state index contributed by atoms with van der Waals surface area (Å²) in [5.41, 5.74) is 11.3. The van der Waals surface area contributed by atoms with E-state index in [-0.39, 0.29) is 22.9 Å². The summed E-state index contributed by atoms with van der Waals surface area (Å²) in [5, 5.41) is 10.7. The molecule has 0 saturated heterocycles. The fourth-order valence-corrected chi connectivity index (χ4v) is 1.13. The predicted octanol–water partition coefficient (Wildman–Crippen LogP) is 1.29. The number of nitro groups is 1. The van der Waals surface area contributed by atoms with E-state index < -0.39 is 4.92 Å². The lowest BCUT2D eigenvalue weighted by atomic mass is 10.2. The van der Waals surface area contributed by atoms with Crippen molar-refractivity contribution in [3.63, 3.8) is 0 Å². The largest absolute Gasteiger partial charge is 0.397 e. The van der Waals surface area contributed by atoms with E-state index in [1.165, 1.54) is 12.1 Å². The standard InChI is InChI=1S/C7H8ClN3O2/c8-7-4(3-9)1-5(11(12)13)2-6(7)10/h1-2H,3,9-10H2. The van der Waals surface area contributed by atoms with Crippen LogP contribution in [0.15, 0.2) is 12.1 Å². The zero-order valence-corrected chi connectivity index (χ0v) is 7.41. The van der Waals surface area contributed by atoms with E-state index >= 15 is 0 Å². The van der Waals surface area contributed by atoms with Crippen molar-refractivity contribution in [1.82, 2.24) is 0 Å².